The van der Waals surface area contributed by atoms with Gasteiger partial charge in [0.15, 0.2) is 5.60 Å². The minimum absolute atomic E-state index is 0.230. The van der Waals surface area contributed by atoms with Crippen molar-refractivity contribution >= 4 is 11.9 Å². The zero-order chi connectivity index (χ0) is 22.4. The van der Waals surface area contributed by atoms with Crippen LogP contribution in [0, 0.1) is 0 Å². The third-order valence-electron chi connectivity index (χ3n) is 4.41. The van der Waals surface area contributed by atoms with Gasteiger partial charge < -0.3 is 24.4 Å². The summed E-state index contributed by atoms with van der Waals surface area (Å²) in [6, 6.07) is 13.7. The fourth-order valence-electron chi connectivity index (χ4n) is 2.62. The first kappa shape index (κ1) is 22.0. The molecule has 162 valence electrons. The van der Waals surface area contributed by atoms with Crippen LogP contribution in [0.3, 0.4) is 0 Å². The Balaban J connectivity index is 1.56. The van der Waals surface area contributed by atoms with Crippen LogP contribution in [-0.2, 0) is 22.7 Å². The Labute approximate surface area is 179 Å². The normalized spacial score (nSPS) is 11.2. The van der Waals surface area contributed by atoms with Crippen LogP contribution >= 0.6 is 0 Å². The number of aromatic nitrogens is 2. The molecule has 1 amide bonds. The van der Waals surface area contributed by atoms with E-state index in [1.165, 1.54) is 13.8 Å². The van der Waals surface area contributed by atoms with Crippen LogP contribution < -0.4 is 10.1 Å². The third-order valence-corrected chi connectivity index (χ3v) is 4.41. The molecular weight excluding hydrogens is 402 g/mol. The van der Waals surface area contributed by atoms with E-state index in [0.29, 0.717) is 29.6 Å². The van der Waals surface area contributed by atoms with Crippen molar-refractivity contribution in [1.82, 2.24) is 15.5 Å². The first-order valence-electron chi connectivity index (χ1n) is 9.50. The van der Waals surface area contributed by atoms with Gasteiger partial charge in [0.05, 0.1) is 0 Å². The fraction of sp³-hybridized carbons (Fsp3) is 0.273. The van der Waals surface area contributed by atoms with Gasteiger partial charge in [-0.1, -0.05) is 29.4 Å². The Bertz CT molecular complexity index is 1040. The van der Waals surface area contributed by atoms with Gasteiger partial charge in [0.2, 0.25) is 5.82 Å². The SMILES string of the molecule is COCc1nc(-c2ccc(C(=O)NCc3ccc(OC(C)(C)C(=O)O)cc3)cc2)no1. The van der Waals surface area contributed by atoms with Crippen molar-refractivity contribution < 1.29 is 28.7 Å². The molecule has 0 atom stereocenters. The molecule has 2 N–H and O–H groups in total. The van der Waals surface area contributed by atoms with Gasteiger partial charge in [-0.2, -0.15) is 4.98 Å². The maximum atomic E-state index is 12.4. The van der Waals surface area contributed by atoms with Crippen LogP contribution in [0.15, 0.2) is 53.1 Å². The van der Waals surface area contributed by atoms with Crippen molar-refractivity contribution in [1.29, 1.82) is 0 Å². The van der Waals surface area contributed by atoms with Gasteiger partial charge in [0.1, 0.15) is 12.4 Å². The van der Waals surface area contributed by atoms with E-state index in [0.717, 1.165) is 11.1 Å². The summed E-state index contributed by atoms with van der Waals surface area (Å²) >= 11 is 0. The Morgan fingerprint density at radius 3 is 2.39 bits per heavy atom. The average molecular weight is 425 g/mol. The summed E-state index contributed by atoms with van der Waals surface area (Å²) < 4.78 is 15.5. The third kappa shape index (κ3) is 5.67. The first-order valence-corrected chi connectivity index (χ1v) is 9.50. The molecule has 1 heterocycles. The number of hydrogen-bond acceptors (Lipinski definition) is 7. The summed E-state index contributed by atoms with van der Waals surface area (Å²) in [6.07, 6.45) is 0. The minimum atomic E-state index is -1.32. The highest BCUT2D eigenvalue weighted by Crippen LogP contribution is 2.20. The van der Waals surface area contributed by atoms with Crippen molar-refractivity contribution in [2.75, 3.05) is 7.11 Å². The van der Waals surface area contributed by atoms with Gasteiger partial charge in [0.25, 0.3) is 11.8 Å². The van der Waals surface area contributed by atoms with Crippen LogP contribution in [-0.4, -0.2) is 39.8 Å². The fourth-order valence-corrected chi connectivity index (χ4v) is 2.62. The van der Waals surface area contributed by atoms with Crippen molar-refractivity contribution in [3.8, 4) is 17.1 Å². The predicted molar refractivity (Wildman–Crippen MR) is 110 cm³/mol. The number of rotatable bonds is 9. The highest BCUT2D eigenvalue weighted by Gasteiger charge is 2.29. The number of nitrogens with one attached hydrogen (secondary N) is 1. The van der Waals surface area contributed by atoms with Gasteiger partial charge in [-0.25, -0.2) is 4.79 Å². The van der Waals surface area contributed by atoms with E-state index in [1.54, 1.807) is 55.6 Å². The number of benzene rings is 2. The maximum absolute atomic E-state index is 12.4. The zero-order valence-electron chi connectivity index (χ0n) is 17.4. The summed E-state index contributed by atoms with van der Waals surface area (Å²) in [7, 11) is 1.54. The molecule has 0 spiro atoms. The van der Waals surface area contributed by atoms with Crippen molar-refractivity contribution in [3.05, 3.63) is 65.5 Å². The molecule has 0 fully saturated rings. The molecule has 31 heavy (non-hydrogen) atoms. The number of carbonyl (C=O) groups excluding carboxylic acids is 1. The second kappa shape index (κ2) is 9.40. The second-order valence-electron chi connectivity index (χ2n) is 7.27. The van der Waals surface area contributed by atoms with Crippen molar-refractivity contribution in [2.45, 2.75) is 32.6 Å². The summed E-state index contributed by atoms with van der Waals surface area (Å²) in [5.41, 5.74) is 0.743. The molecular formula is C22H23N3O6. The standard InChI is InChI=1S/C22H23N3O6/c1-22(2,21(27)28)30-17-10-4-14(5-11-17)12-23-20(26)16-8-6-15(7-9-16)19-24-18(13-29-3)31-25-19/h4-11H,12-13H2,1-3H3,(H,23,26)(H,27,28). The van der Waals surface area contributed by atoms with Gasteiger partial charge in [-0.15, -0.1) is 0 Å². The largest absolute Gasteiger partial charge is 0.478 e. The van der Waals surface area contributed by atoms with Crippen LogP contribution in [0.2, 0.25) is 0 Å². The van der Waals surface area contributed by atoms with Gasteiger partial charge in [-0.3, -0.25) is 4.79 Å². The summed E-state index contributed by atoms with van der Waals surface area (Å²) in [6.45, 7) is 3.50. The van der Waals surface area contributed by atoms with Gasteiger partial charge in [-0.05, 0) is 43.7 Å². The Kier molecular flexibility index (Phi) is 6.66. The molecule has 0 radical (unpaired) electrons. The molecule has 0 aliphatic heterocycles. The van der Waals surface area contributed by atoms with Gasteiger partial charge >= 0.3 is 5.97 Å². The molecule has 2 aromatic carbocycles. The number of ether oxygens (including phenoxy) is 2. The van der Waals surface area contributed by atoms with E-state index >= 15 is 0 Å². The van der Waals surface area contributed by atoms with E-state index in [1.807, 2.05) is 0 Å². The van der Waals surface area contributed by atoms with E-state index in [4.69, 9.17) is 19.1 Å². The lowest BCUT2D eigenvalue weighted by Crippen LogP contribution is -2.37. The molecule has 0 saturated heterocycles. The molecule has 9 nitrogen and oxygen atoms in total. The van der Waals surface area contributed by atoms with Gasteiger partial charge in [0, 0.05) is 24.8 Å². The number of carboxylic acids is 1. The second-order valence-corrected chi connectivity index (χ2v) is 7.27. The number of amides is 1. The summed E-state index contributed by atoms with van der Waals surface area (Å²) in [5, 5.41) is 15.9. The number of carbonyl (C=O) groups is 2. The number of methoxy groups -OCH3 is 1. The van der Waals surface area contributed by atoms with Crippen LogP contribution in [0.1, 0.15) is 35.7 Å². The monoisotopic (exact) mass is 425 g/mol. The van der Waals surface area contributed by atoms with Crippen molar-refractivity contribution in [2.24, 2.45) is 0 Å². The van der Waals surface area contributed by atoms with Crippen LogP contribution in [0.25, 0.3) is 11.4 Å². The minimum Gasteiger partial charge on any atom is -0.478 e. The molecule has 0 bridgehead atoms. The topological polar surface area (TPSA) is 124 Å². The quantitative estimate of drug-likeness (QED) is 0.536. The smallest absolute Gasteiger partial charge is 0.347 e. The number of aliphatic carboxylic acids is 1. The summed E-state index contributed by atoms with van der Waals surface area (Å²) in [5.74, 6) is -0.0421. The molecule has 3 rings (SSSR count). The van der Waals surface area contributed by atoms with Crippen LogP contribution in [0.5, 0.6) is 5.75 Å². The lowest BCUT2D eigenvalue weighted by atomic mass is 10.1. The van der Waals surface area contributed by atoms with E-state index in [-0.39, 0.29) is 12.5 Å². The number of carboxylic acid groups (broad SMARTS) is 1. The number of nitrogens with zero attached hydrogens (tertiary/aromatic N) is 2. The van der Waals surface area contributed by atoms with E-state index < -0.39 is 11.6 Å². The molecule has 1 aromatic heterocycles. The predicted octanol–water partition coefficient (Wildman–Crippen LogP) is 3.06. The van der Waals surface area contributed by atoms with E-state index in [2.05, 4.69) is 15.5 Å². The Hall–Kier alpha value is -3.72. The highest BCUT2D eigenvalue weighted by molar-refractivity contribution is 5.94. The molecule has 3 aromatic rings. The Morgan fingerprint density at radius 2 is 1.77 bits per heavy atom. The highest BCUT2D eigenvalue weighted by atomic mass is 16.5. The summed E-state index contributed by atoms with van der Waals surface area (Å²) in [4.78, 5) is 27.8. The zero-order valence-corrected chi connectivity index (χ0v) is 17.4. The number of hydrogen-bond donors (Lipinski definition) is 2. The lowest BCUT2D eigenvalue weighted by molar-refractivity contribution is -0.152. The van der Waals surface area contributed by atoms with E-state index in [9.17, 15) is 9.59 Å². The lowest BCUT2D eigenvalue weighted by Gasteiger charge is -2.21. The average Bonchev–Trinajstić information content (AvgIpc) is 3.22. The first-order chi connectivity index (χ1) is 14.8. The maximum Gasteiger partial charge on any atom is 0.347 e. The molecule has 0 saturated carbocycles. The molecule has 9 heteroatoms. The molecule has 0 unspecified atom stereocenters. The van der Waals surface area contributed by atoms with Crippen LogP contribution in [0.4, 0.5) is 0 Å². The molecule has 0 aliphatic rings. The Morgan fingerprint density at radius 1 is 1.10 bits per heavy atom. The van der Waals surface area contributed by atoms with Crippen molar-refractivity contribution in [3.63, 3.8) is 0 Å². The molecule has 0 aliphatic carbocycles.